The number of halogens is 1. The van der Waals surface area contributed by atoms with Gasteiger partial charge in [-0.15, -0.1) is 11.3 Å². The molecular formula is C19H21FN4O2S. The van der Waals surface area contributed by atoms with Gasteiger partial charge in [0.2, 0.25) is 0 Å². The number of carbonyl (C=O) groups excluding carboxylic acids is 1. The van der Waals surface area contributed by atoms with Crippen LogP contribution in [0.15, 0.2) is 24.3 Å². The first-order valence-corrected chi connectivity index (χ1v) is 9.56. The zero-order valence-electron chi connectivity index (χ0n) is 15.1. The van der Waals surface area contributed by atoms with Crippen LogP contribution in [0.5, 0.6) is 0 Å². The minimum atomic E-state index is -0.435. The summed E-state index contributed by atoms with van der Waals surface area (Å²) >= 11 is 1.11. The Morgan fingerprint density at radius 3 is 2.56 bits per heavy atom. The normalized spacial score (nSPS) is 14.8. The first kappa shape index (κ1) is 19.1. The highest BCUT2D eigenvalue weighted by atomic mass is 32.1. The van der Waals surface area contributed by atoms with Crippen LogP contribution < -0.4 is 10.6 Å². The number of nitrogens with two attached hydrogens (primary N) is 1. The first-order chi connectivity index (χ1) is 13.0. The molecule has 1 aromatic carbocycles. The lowest BCUT2D eigenvalue weighted by Crippen LogP contribution is -2.46. The van der Waals surface area contributed by atoms with Crippen LogP contribution in [0.4, 0.5) is 15.1 Å². The quantitative estimate of drug-likeness (QED) is 0.793. The van der Waals surface area contributed by atoms with Gasteiger partial charge in [-0.3, -0.25) is 4.90 Å². The van der Waals surface area contributed by atoms with Crippen molar-refractivity contribution < 1.29 is 13.9 Å². The van der Waals surface area contributed by atoms with Gasteiger partial charge in [0, 0.05) is 44.0 Å². The van der Waals surface area contributed by atoms with Gasteiger partial charge in [-0.05, 0) is 31.2 Å². The highest BCUT2D eigenvalue weighted by Gasteiger charge is 2.26. The van der Waals surface area contributed by atoms with Crippen molar-refractivity contribution in [3.63, 3.8) is 0 Å². The van der Waals surface area contributed by atoms with E-state index in [4.69, 9.17) is 10.5 Å². The highest BCUT2D eigenvalue weighted by Crippen LogP contribution is 2.32. The van der Waals surface area contributed by atoms with E-state index in [1.165, 1.54) is 12.1 Å². The van der Waals surface area contributed by atoms with Crippen LogP contribution in [0.25, 0.3) is 0 Å². The molecule has 27 heavy (non-hydrogen) atoms. The number of nitrogens with zero attached hydrogens (tertiary/aromatic N) is 3. The summed E-state index contributed by atoms with van der Waals surface area (Å²) in [5, 5.41) is 9.78. The maximum absolute atomic E-state index is 13.1. The molecule has 0 unspecified atom stereocenters. The molecule has 2 aromatic rings. The molecule has 1 aliphatic rings. The minimum absolute atomic E-state index is 0.247. The SMILES string of the molecule is CCOC(=O)c1sc(N)c(C#N)c1CN1CCN(c2ccc(F)cc2)CC1. The average molecular weight is 388 g/mol. The number of ether oxygens (including phenoxy) is 1. The molecule has 3 rings (SSSR count). The van der Waals surface area contributed by atoms with Crippen molar-refractivity contribution in [2.75, 3.05) is 43.4 Å². The summed E-state index contributed by atoms with van der Waals surface area (Å²) in [4.78, 5) is 17.0. The van der Waals surface area contributed by atoms with Crippen LogP contribution in [0.2, 0.25) is 0 Å². The number of nitriles is 1. The van der Waals surface area contributed by atoms with Crippen LogP contribution in [0, 0.1) is 17.1 Å². The highest BCUT2D eigenvalue weighted by molar-refractivity contribution is 7.18. The molecule has 0 aliphatic carbocycles. The van der Waals surface area contributed by atoms with E-state index in [9.17, 15) is 14.4 Å². The molecule has 6 nitrogen and oxygen atoms in total. The third-order valence-corrected chi connectivity index (χ3v) is 5.59. The molecule has 142 valence electrons. The number of carbonyl (C=O) groups is 1. The van der Waals surface area contributed by atoms with E-state index in [1.54, 1.807) is 19.1 Å². The molecule has 2 N–H and O–H groups in total. The number of piperazine rings is 1. The Morgan fingerprint density at radius 2 is 1.96 bits per heavy atom. The number of anilines is 2. The predicted molar refractivity (Wildman–Crippen MR) is 103 cm³/mol. The fraction of sp³-hybridized carbons (Fsp3) is 0.368. The monoisotopic (exact) mass is 388 g/mol. The minimum Gasteiger partial charge on any atom is -0.462 e. The molecule has 1 fully saturated rings. The van der Waals surface area contributed by atoms with Crippen molar-refractivity contribution in [2.45, 2.75) is 13.5 Å². The Morgan fingerprint density at radius 1 is 1.30 bits per heavy atom. The molecule has 2 heterocycles. The maximum atomic E-state index is 13.1. The van der Waals surface area contributed by atoms with E-state index in [-0.39, 0.29) is 12.4 Å². The lowest BCUT2D eigenvalue weighted by molar-refractivity contribution is 0.0529. The third kappa shape index (κ3) is 4.21. The van der Waals surface area contributed by atoms with E-state index in [0.717, 1.165) is 43.2 Å². The van der Waals surface area contributed by atoms with Gasteiger partial charge in [0.1, 0.15) is 21.8 Å². The third-order valence-electron chi connectivity index (χ3n) is 4.55. The van der Waals surface area contributed by atoms with Gasteiger partial charge in [-0.2, -0.15) is 5.26 Å². The Hall–Kier alpha value is -2.63. The van der Waals surface area contributed by atoms with Crippen molar-refractivity contribution in [1.29, 1.82) is 5.26 Å². The summed E-state index contributed by atoms with van der Waals surface area (Å²) in [6, 6.07) is 8.58. The first-order valence-electron chi connectivity index (χ1n) is 8.74. The van der Waals surface area contributed by atoms with Gasteiger partial charge in [-0.25, -0.2) is 9.18 Å². The predicted octanol–water partition coefficient (Wildman–Crippen LogP) is 2.84. The molecule has 8 heteroatoms. The number of esters is 1. The Labute approximate surface area is 161 Å². The van der Waals surface area contributed by atoms with Crippen molar-refractivity contribution in [1.82, 2.24) is 4.90 Å². The van der Waals surface area contributed by atoms with Gasteiger partial charge >= 0.3 is 5.97 Å². The number of nitrogen functional groups attached to an aromatic ring is 1. The molecule has 0 bridgehead atoms. The second-order valence-corrected chi connectivity index (χ2v) is 7.27. The molecular weight excluding hydrogens is 367 g/mol. The van der Waals surface area contributed by atoms with Crippen LogP contribution in [-0.2, 0) is 11.3 Å². The van der Waals surface area contributed by atoms with Crippen molar-refractivity contribution in [3.8, 4) is 6.07 Å². The summed E-state index contributed by atoms with van der Waals surface area (Å²) in [5.74, 6) is -0.682. The zero-order valence-corrected chi connectivity index (χ0v) is 15.9. The van der Waals surface area contributed by atoms with Crippen molar-refractivity contribution >= 4 is 28.0 Å². The van der Waals surface area contributed by atoms with Crippen molar-refractivity contribution in [3.05, 3.63) is 46.1 Å². The van der Waals surface area contributed by atoms with Gasteiger partial charge in [-0.1, -0.05) is 0 Å². The average Bonchev–Trinajstić information content (AvgIpc) is 2.98. The Kier molecular flexibility index (Phi) is 5.94. The lowest BCUT2D eigenvalue weighted by atomic mass is 10.1. The summed E-state index contributed by atoms with van der Waals surface area (Å²) in [6.07, 6.45) is 0. The van der Waals surface area contributed by atoms with Crippen LogP contribution in [0.1, 0.15) is 27.7 Å². The van der Waals surface area contributed by atoms with E-state index in [0.29, 0.717) is 27.5 Å². The largest absolute Gasteiger partial charge is 0.462 e. The van der Waals surface area contributed by atoms with E-state index < -0.39 is 5.97 Å². The van der Waals surface area contributed by atoms with Crippen LogP contribution in [0.3, 0.4) is 0 Å². The number of benzene rings is 1. The van der Waals surface area contributed by atoms with E-state index in [2.05, 4.69) is 15.9 Å². The summed E-state index contributed by atoms with van der Waals surface area (Å²) in [6.45, 7) is 5.58. The lowest BCUT2D eigenvalue weighted by Gasteiger charge is -2.36. The summed E-state index contributed by atoms with van der Waals surface area (Å²) < 4.78 is 18.2. The number of rotatable bonds is 5. The number of hydrogen-bond acceptors (Lipinski definition) is 7. The molecule has 1 saturated heterocycles. The van der Waals surface area contributed by atoms with Gasteiger partial charge in [0.05, 0.1) is 12.2 Å². The standard InChI is InChI=1S/C19H21FN4O2S/c1-2-26-19(25)17-16(15(11-21)18(22)27-17)12-23-7-9-24(10-8-23)14-5-3-13(20)4-6-14/h3-6H,2,7-10,12,22H2,1H3. The molecule has 0 atom stereocenters. The topological polar surface area (TPSA) is 82.6 Å². The molecule has 0 radical (unpaired) electrons. The van der Waals surface area contributed by atoms with Gasteiger partial charge in [0.25, 0.3) is 0 Å². The molecule has 0 spiro atoms. The van der Waals surface area contributed by atoms with Gasteiger partial charge in [0.15, 0.2) is 0 Å². The molecule has 1 aromatic heterocycles. The van der Waals surface area contributed by atoms with Crippen LogP contribution >= 0.6 is 11.3 Å². The summed E-state index contributed by atoms with van der Waals surface area (Å²) in [5.41, 5.74) is 7.93. The van der Waals surface area contributed by atoms with Crippen LogP contribution in [-0.4, -0.2) is 43.7 Å². The Balaban J connectivity index is 1.71. The number of hydrogen-bond donors (Lipinski definition) is 1. The Bertz CT molecular complexity index is 852. The van der Waals surface area contributed by atoms with E-state index in [1.807, 2.05) is 0 Å². The molecule has 0 saturated carbocycles. The zero-order chi connectivity index (χ0) is 19.4. The smallest absolute Gasteiger partial charge is 0.348 e. The maximum Gasteiger partial charge on any atom is 0.348 e. The molecule has 1 aliphatic heterocycles. The fourth-order valence-electron chi connectivity index (χ4n) is 3.16. The molecule has 0 amide bonds. The second kappa shape index (κ2) is 8.37. The summed E-state index contributed by atoms with van der Waals surface area (Å²) in [7, 11) is 0. The number of thiophene rings is 1. The fourth-order valence-corrected chi connectivity index (χ4v) is 4.08. The van der Waals surface area contributed by atoms with E-state index >= 15 is 0 Å². The van der Waals surface area contributed by atoms with Crippen molar-refractivity contribution in [2.24, 2.45) is 0 Å². The van der Waals surface area contributed by atoms with Gasteiger partial charge < -0.3 is 15.4 Å². The second-order valence-electron chi connectivity index (χ2n) is 6.22.